The van der Waals surface area contributed by atoms with E-state index in [2.05, 4.69) is 15.2 Å². The minimum absolute atomic E-state index is 0.0563. The van der Waals surface area contributed by atoms with Crippen LogP contribution in [0.1, 0.15) is 11.3 Å². The zero-order valence-electron chi connectivity index (χ0n) is 23.7. The number of amides is 1. The minimum atomic E-state index is -0.858. The number of methoxy groups -OCH3 is 1. The van der Waals surface area contributed by atoms with Crippen LogP contribution >= 0.6 is 23.2 Å². The van der Waals surface area contributed by atoms with Crippen LogP contribution in [0.2, 0.25) is 0 Å². The lowest BCUT2D eigenvalue weighted by Gasteiger charge is -2.23. The molecule has 0 fully saturated rings. The van der Waals surface area contributed by atoms with E-state index in [9.17, 15) is 9.59 Å². The van der Waals surface area contributed by atoms with E-state index in [0.717, 1.165) is 50.1 Å². The maximum absolute atomic E-state index is 13.2. The number of H-pyrrole nitrogens is 1. The van der Waals surface area contributed by atoms with Gasteiger partial charge in [-0.15, -0.1) is 23.2 Å². The highest BCUT2D eigenvalue weighted by atomic mass is 35.5. The van der Waals surface area contributed by atoms with Crippen molar-refractivity contribution in [1.82, 2.24) is 15.3 Å². The Morgan fingerprint density at radius 1 is 1.00 bits per heavy atom. The standard InChI is InChI=1S/C33H32Cl2N4O4/c1-42-26-12-8-23(9-13-26)31-32-28(27-4-2-3-5-29(27)38-32)19-24(37-31)20-43-33(41)30(36-21-40)18-22-6-10-25(11-7-22)39(16-14-34)17-15-35/h2-13,19,21,30,38H,14-18,20H2,1H3,(H,36,40)/t30-/m0/s1. The van der Waals surface area contributed by atoms with Gasteiger partial charge in [0.05, 0.1) is 24.0 Å². The summed E-state index contributed by atoms with van der Waals surface area (Å²) in [5.74, 6) is 1.17. The molecule has 43 heavy (non-hydrogen) atoms. The first-order chi connectivity index (χ1) is 21.0. The van der Waals surface area contributed by atoms with Crippen LogP contribution in [0, 0.1) is 0 Å². The van der Waals surface area contributed by atoms with Crippen molar-refractivity contribution in [2.75, 3.05) is 36.9 Å². The third-order valence-electron chi connectivity index (χ3n) is 7.28. The normalized spacial score (nSPS) is 11.8. The summed E-state index contributed by atoms with van der Waals surface area (Å²) in [6, 6.07) is 24.5. The van der Waals surface area contributed by atoms with Crippen molar-refractivity contribution in [2.24, 2.45) is 0 Å². The van der Waals surface area contributed by atoms with Gasteiger partial charge in [0, 0.05) is 58.8 Å². The molecule has 0 aliphatic rings. The Hall–Kier alpha value is -4.27. The second-order valence-corrected chi connectivity index (χ2v) is 10.7. The van der Waals surface area contributed by atoms with Gasteiger partial charge in [-0.25, -0.2) is 9.78 Å². The summed E-state index contributed by atoms with van der Waals surface area (Å²) in [5, 5.41) is 4.62. The summed E-state index contributed by atoms with van der Waals surface area (Å²) in [6.45, 7) is 1.29. The number of rotatable bonds is 14. The summed E-state index contributed by atoms with van der Waals surface area (Å²) in [4.78, 5) is 35.0. The van der Waals surface area contributed by atoms with E-state index in [0.29, 0.717) is 37.0 Å². The number of ether oxygens (including phenoxy) is 2. The number of para-hydroxylation sites is 1. The number of fused-ring (bicyclic) bond motifs is 3. The van der Waals surface area contributed by atoms with E-state index in [4.69, 9.17) is 37.7 Å². The Labute approximate surface area is 259 Å². The van der Waals surface area contributed by atoms with Gasteiger partial charge in [-0.05, 0) is 54.1 Å². The lowest BCUT2D eigenvalue weighted by atomic mass is 10.1. The van der Waals surface area contributed by atoms with E-state index < -0.39 is 12.0 Å². The van der Waals surface area contributed by atoms with E-state index in [1.54, 1.807) is 7.11 Å². The second-order valence-electron chi connectivity index (χ2n) is 9.96. The van der Waals surface area contributed by atoms with Gasteiger partial charge in [0.1, 0.15) is 18.4 Å². The van der Waals surface area contributed by atoms with Crippen LogP contribution in [0.4, 0.5) is 5.69 Å². The second kappa shape index (κ2) is 14.3. The van der Waals surface area contributed by atoms with Crippen LogP contribution in [0.5, 0.6) is 5.75 Å². The first-order valence-corrected chi connectivity index (χ1v) is 15.0. The van der Waals surface area contributed by atoms with E-state index in [1.165, 1.54) is 0 Å². The molecule has 3 aromatic carbocycles. The SMILES string of the molecule is COc1ccc(-c2nc(COC(=O)[C@H](Cc3ccc(N(CCCl)CCCl)cc3)NC=O)cc3c2[nH]c2ccccc23)cc1. The summed E-state index contributed by atoms with van der Waals surface area (Å²) in [7, 11) is 1.62. The summed E-state index contributed by atoms with van der Waals surface area (Å²) in [6.07, 6.45) is 0.788. The quantitative estimate of drug-likeness (QED) is 0.0890. The molecule has 2 aromatic heterocycles. The zero-order valence-corrected chi connectivity index (χ0v) is 25.2. The van der Waals surface area contributed by atoms with Gasteiger partial charge in [0.2, 0.25) is 6.41 Å². The van der Waals surface area contributed by atoms with Gasteiger partial charge < -0.3 is 24.7 Å². The molecular formula is C33H32Cl2N4O4. The van der Waals surface area contributed by atoms with Crippen molar-refractivity contribution in [2.45, 2.75) is 19.1 Å². The number of nitrogens with zero attached hydrogens (tertiary/aromatic N) is 2. The Balaban J connectivity index is 1.36. The molecule has 10 heteroatoms. The number of carbonyl (C=O) groups is 2. The maximum Gasteiger partial charge on any atom is 0.329 e. The molecule has 8 nitrogen and oxygen atoms in total. The number of hydrogen-bond acceptors (Lipinski definition) is 6. The summed E-state index contributed by atoms with van der Waals surface area (Å²) in [5.41, 5.74) is 5.95. The average molecular weight is 620 g/mol. The average Bonchev–Trinajstić information content (AvgIpc) is 3.42. The van der Waals surface area contributed by atoms with Crippen molar-refractivity contribution in [1.29, 1.82) is 0 Å². The molecule has 5 rings (SSSR count). The highest BCUT2D eigenvalue weighted by Crippen LogP contribution is 2.33. The lowest BCUT2D eigenvalue weighted by molar-refractivity contribution is -0.148. The predicted molar refractivity (Wildman–Crippen MR) is 172 cm³/mol. The Morgan fingerprint density at radius 2 is 1.72 bits per heavy atom. The predicted octanol–water partition coefficient (Wildman–Crippen LogP) is 6.08. The van der Waals surface area contributed by atoms with Crippen molar-refractivity contribution in [3.05, 3.63) is 90.1 Å². The van der Waals surface area contributed by atoms with Gasteiger partial charge in [-0.1, -0.05) is 30.3 Å². The molecule has 0 aliphatic carbocycles. The van der Waals surface area contributed by atoms with Crippen molar-refractivity contribution >= 4 is 63.1 Å². The number of aromatic nitrogens is 2. The molecule has 0 radical (unpaired) electrons. The summed E-state index contributed by atoms with van der Waals surface area (Å²) < 4.78 is 11.0. The Morgan fingerprint density at radius 3 is 2.40 bits per heavy atom. The van der Waals surface area contributed by atoms with Crippen LogP contribution in [0.3, 0.4) is 0 Å². The highest BCUT2D eigenvalue weighted by molar-refractivity contribution is 6.18. The Kier molecular flexibility index (Phi) is 10.0. The van der Waals surface area contributed by atoms with Crippen molar-refractivity contribution in [3.8, 4) is 17.0 Å². The highest BCUT2D eigenvalue weighted by Gasteiger charge is 2.21. The molecule has 2 N–H and O–H groups in total. The molecule has 0 saturated carbocycles. The molecule has 5 aromatic rings. The van der Waals surface area contributed by atoms with Crippen molar-refractivity contribution < 1.29 is 19.1 Å². The van der Waals surface area contributed by atoms with Crippen LogP contribution in [-0.2, 0) is 27.4 Å². The zero-order chi connectivity index (χ0) is 30.2. The molecule has 2 heterocycles. The monoisotopic (exact) mass is 618 g/mol. The molecule has 0 saturated heterocycles. The number of hydrogen-bond donors (Lipinski definition) is 2. The van der Waals surface area contributed by atoms with Gasteiger partial charge in [-0.2, -0.15) is 0 Å². The first-order valence-electron chi connectivity index (χ1n) is 13.9. The first kappa shape index (κ1) is 30.2. The fourth-order valence-electron chi connectivity index (χ4n) is 5.12. The lowest BCUT2D eigenvalue weighted by Crippen LogP contribution is -2.39. The number of benzene rings is 3. The van der Waals surface area contributed by atoms with Gasteiger partial charge >= 0.3 is 5.97 Å². The number of pyridine rings is 1. The number of esters is 1. The smallest absolute Gasteiger partial charge is 0.329 e. The number of nitrogens with one attached hydrogen (secondary N) is 2. The van der Waals surface area contributed by atoms with Gasteiger partial charge in [0.15, 0.2) is 0 Å². The van der Waals surface area contributed by atoms with Crippen molar-refractivity contribution in [3.63, 3.8) is 0 Å². The largest absolute Gasteiger partial charge is 0.497 e. The van der Waals surface area contributed by atoms with Crippen LogP contribution in [0.25, 0.3) is 33.1 Å². The fourth-order valence-corrected chi connectivity index (χ4v) is 5.53. The van der Waals surface area contributed by atoms with Crippen LogP contribution in [-0.4, -0.2) is 60.3 Å². The number of halogens is 2. The maximum atomic E-state index is 13.2. The third-order valence-corrected chi connectivity index (χ3v) is 7.62. The topological polar surface area (TPSA) is 96.6 Å². The fraction of sp³-hybridized carbons (Fsp3) is 0.242. The number of carbonyl (C=O) groups excluding carboxylic acids is 2. The molecule has 0 bridgehead atoms. The molecule has 0 unspecified atom stereocenters. The minimum Gasteiger partial charge on any atom is -0.497 e. The molecule has 1 amide bonds. The number of alkyl halides is 2. The summed E-state index contributed by atoms with van der Waals surface area (Å²) >= 11 is 11.9. The molecule has 0 spiro atoms. The molecule has 222 valence electrons. The molecular weight excluding hydrogens is 587 g/mol. The number of anilines is 1. The Bertz CT molecular complexity index is 1680. The van der Waals surface area contributed by atoms with Crippen LogP contribution < -0.4 is 15.0 Å². The van der Waals surface area contributed by atoms with E-state index >= 15 is 0 Å². The molecule has 0 aliphatic heterocycles. The van der Waals surface area contributed by atoms with Crippen LogP contribution in [0.15, 0.2) is 78.9 Å². The molecule has 1 atom stereocenters. The van der Waals surface area contributed by atoms with E-state index in [1.807, 2.05) is 78.9 Å². The number of aromatic amines is 1. The third kappa shape index (κ3) is 7.04. The van der Waals surface area contributed by atoms with E-state index in [-0.39, 0.29) is 13.0 Å². The van der Waals surface area contributed by atoms with Gasteiger partial charge in [-0.3, -0.25) is 4.79 Å². The van der Waals surface area contributed by atoms with Gasteiger partial charge in [0.25, 0.3) is 0 Å².